The van der Waals surface area contributed by atoms with Crippen molar-refractivity contribution in [2.24, 2.45) is 5.92 Å². The average Bonchev–Trinajstić information content (AvgIpc) is 2.54. The highest BCUT2D eigenvalue weighted by atomic mass is 19.3. The van der Waals surface area contributed by atoms with Gasteiger partial charge in [-0.15, -0.1) is 0 Å². The van der Waals surface area contributed by atoms with Crippen LogP contribution in [0, 0.1) is 13.0 Å². The molecular formula is C7H10F2NO. The molecule has 63 valence electrons. The molecule has 1 aliphatic carbocycles. The summed E-state index contributed by atoms with van der Waals surface area (Å²) < 4.78 is 24.4. The van der Waals surface area contributed by atoms with Gasteiger partial charge in [0.15, 0.2) is 0 Å². The fraction of sp³-hybridized carbons (Fsp3) is 0.714. The van der Waals surface area contributed by atoms with E-state index in [9.17, 15) is 13.6 Å². The van der Waals surface area contributed by atoms with Crippen molar-refractivity contribution in [3.63, 3.8) is 0 Å². The summed E-state index contributed by atoms with van der Waals surface area (Å²) in [6, 6.07) is 0. The third-order valence-electron chi connectivity index (χ3n) is 1.87. The quantitative estimate of drug-likeness (QED) is 0.666. The van der Waals surface area contributed by atoms with Crippen molar-refractivity contribution in [2.75, 3.05) is 0 Å². The predicted octanol–water partition coefficient (Wildman–Crippen LogP) is 1.33. The lowest BCUT2D eigenvalue weighted by Crippen LogP contribution is -2.15. The first-order valence-corrected chi connectivity index (χ1v) is 3.50. The van der Waals surface area contributed by atoms with E-state index in [1.165, 1.54) is 0 Å². The monoisotopic (exact) mass is 162 g/mol. The molecule has 0 bridgehead atoms. The van der Waals surface area contributed by atoms with Crippen LogP contribution in [0.5, 0.6) is 0 Å². The Morgan fingerprint density at radius 1 is 1.73 bits per heavy atom. The number of alkyl halides is 2. The standard InChI is InChI=1S/C7H10F2NO/c1-10-6(11)3-2-5-4-7(5,8)9/h5H,1-4H2,(H,10,11). The molecule has 1 amide bonds. The Labute approximate surface area is 64.0 Å². The fourth-order valence-corrected chi connectivity index (χ4v) is 0.977. The third kappa shape index (κ3) is 2.13. The zero-order chi connectivity index (χ0) is 8.48. The van der Waals surface area contributed by atoms with Crippen molar-refractivity contribution in [1.82, 2.24) is 5.32 Å². The molecule has 1 saturated carbocycles. The van der Waals surface area contributed by atoms with E-state index < -0.39 is 11.8 Å². The lowest BCUT2D eigenvalue weighted by molar-refractivity contribution is -0.120. The maximum atomic E-state index is 12.2. The van der Waals surface area contributed by atoms with Crippen molar-refractivity contribution in [3.8, 4) is 0 Å². The van der Waals surface area contributed by atoms with Crippen LogP contribution < -0.4 is 5.32 Å². The van der Waals surface area contributed by atoms with E-state index in [1.807, 2.05) is 0 Å². The van der Waals surface area contributed by atoms with Gasteiger partial charge in [-0.2, -0.15) is 0 Å². The first kappa shape index (κ1) is 8.43. The average molecular weight is 162 g/mol. The summed E-state index contributed by atoms with van der Waals surface area (Å²) in [5, 5.41) is 2.14. The second kappa shape index (κ2) is 2.75. The van der Waals surface area contributed by atoms with E-state index in [1.54, 1.807) is 0 Å². The highest BCUT2D eigenvalue weighted by molar-refractivity contribution is 5.75. The zero-order valence-electron chi connectivity index (χ0n) is 6.07. The molecule has 1 unspecified atom stereocenters. The van der Waals surface area contributed by atoms with Gasteiger partial charge < -0.3 is 5.32 Å². The number of carbonyl (C=O) groups excluding carboxylic acids is 1. The van der Waals surface area contributed by atoms with Crippen LogP contribution in [0.2, 0.25) is 0 Å². The van der Waals surface area contributed by atoms with E-state index in [0.29, 0.717) is 0 Å². The van der Waals surface area contributed by atoms with Gasteiger partial charge in [0.05, 0.1) is 0 Å². The van der Waals surface area contributed by atoms with Crippen LogP contribution in [-0.4, -0.2) is 11.8 Å². The third-order valence-corrected chi connectivity index (χ3v) is 1.87. The molecule has 1 atom stereocenters. The summed E-state index contributed by atoms with van der Waals surface area (Å²) in [6.45, 7) is 0. The van der Waals surface area contributed by atoms with E-state index in [0.717, 1.165) is 0 Å². The second-order valence-electron chi connectivity index (χ2n) is 2.80. The summed E-state index contributed by atoms with van der Waals surface area (Å²) in [5.74, 6) is -3.34. The van der Waals surface area contributed by atoms with Gasteiger partial charge >= 0.3 is 0 Å². The van der Waals surface area contributed by atoms with Crippen LogP contribution in [0.1, 0.15) is 19.3 Å². The van der Waals surface area contributed by atoms with E-state index in [-0.39, 0.29) is 25.2 Å². The molecule has 1 aliphatic rings. The van der Waals surface area contributed by atoms with Crippen LogP contribution in [0.15, 0.2) is 0 Å². The molecule has 0 aliphatic heterocycles. The number of nitrogens with one attached hydrogen (secondary N) is 1. The summed E-state index contributed by atoms with van der Waals surface area (Å²) in [7, 11) is 3.13. The Morgan fingerprint density at radius 2 is 2.27 bits per heavy atom. The molecule has 1 N–H and O–H groups in total. The highest BCUT2D eigenvalue weighted by Crippen LogP contribution is 2.51. The molecule has 0 aromatic rings. The minimum Gasteiger partial charge on any atom is -0.354 e. The van der Waals surface area contributed by atoms with Gasteiger partial charge in [-0.05, 0) is 6.42 Å². The number of hydrogen-bond donors (Lipinski definition) is 1. The number of hydrogen-bond acceptors (Lipinski definition) is 1. The molecule has 0 aromatic carbocycles. The van der Waals surface area contributed by atoms with Gasteiger partial charge in [0, 0.05) is 25.8 Å². The highest BCUT2D eigenvalue weighted by Gasteiger charge is 2.56. The maximum Gasteiger partial charge on any atom is 0.251 e. The van der Waals surface area contributed by atoms with Crippen molar-refractivity contribution in [1.29, 1.82) is 0 Å². The number of rotatable bonds is 3. The Balaban J connectivity index is 2.11. The predicted molar refractivity (Wildman–Crippen MR) is 35.8 cm³/mol. The first-order chi connectivity index (χ1) is 5.06. The van der Waals surface area contributed by atoms with Crippen LogP contribution in [0.25, 0.3) is 0 Å². The summed E-state index contributed by atoms with van der Waals surface area (Å²) in [5.41, 5.74) is 0. The molecule has 2 nitrogen and oxygen atoms in total. The fourth-order valence-electron chi connectivity index (χ4n) is 0.977. The summed E-state index contributed by atoms with van der Waals surface area (Å²) >= 11 is 0. The maximum absolute atomic E-state index is 12.2. The Bertz CT molecular complexity index is 170. The minimum atomic E-state index is -2.50. The Hall–Kier alpha value is -0.670. The van der Waals surface area contributed by atoms with E-state index >= 15 is 0 Å². The molecule has 1 rings (SSSR count). The molecular weight excluding hydrogens is 152 g/mol. The number of amides is 1. The number of halogens is 2. The van der Waals surface area contributed by atoms with Crippen LogP contribution >= 0.6 is 0 Å². The molecule has 0 aromatic heterocycles. The Kier molecular flexibility index (Phi) is 2.11. The molecule has 1 fully saturated rings. The molecule has 4 heteroatoms. The minimum absolute atomic E-state index is 0.0581. The lowest BCUT2D eigenvalue weighted by Gasteiger charge is -1.97. The molecule has 0 saturated heterocycles. The normalized spacial score (nSPS) is 26.3. The van der Waals surface area contributed by atoms with Crippen LogP contribution in [-0.2, 0) is 4.79 Å². The largest absolute Gasteiger partial charge is 0.354 e. The van der Waals surface area contributed by atoms with Gasteiger partial charge in [0.25, 0.3) is 5.92 Å². The summed E-state index contributed by atoms with van der Waals surface area (Å²) in [4.78, 5) is 10.5. The van der Waals surface area contributed by atoms with Crippen molar-refractivity contribution in [2.45, 2.75) is 25.2 Å². The SMILES string of the molecule is [CH2]NC(=O)CCC1CC1(F)F. The van der Waals surface area contributed by atoms with Crippen molar-refractivity contribution < 1.29 is 13.6 Å². The van der Waals surface area contributed by atoms with Crippen molar-refractivity contribution in [3.05, 3.63) is 7.05 Å². The van der Waals surface area contributed by atoms with Crippen LogP contribution in [0.4, 0.5) is 8.78 Å². The van der Waals surface area contributed by atoms with Gasteiger partial charge in [-0.3, -0.25) is 4.79 Å². The smallest absolute Gasteiger partial charge is 0.251 e. The van der Waals surface area contributed by atoms with Crippen molar-refractivity contribution >= 4 is 5.91 Å². The van der Waals surface area contributed by atoms with E-state index in [4.69, 9.17) is 0 Å². The summed E-state index contributed by atoms with van der Waals surface area (Å²) in [6.07, 6.45) is 0.371. The topological polar surface area (TPSA) is 29.1 Å². The molecule has 1 radical (unpaired) electrons. The van der Waals surface area contributed by atoms with Gasteiger partial charge in [-0.1, -0.05) is 0 Å². The van der Waals surface area contributed by atoms with Crippen LogP contribution in [0.3, 0.4) is 0 Å². The van der Waals surface area contributed by atoms with Gasteiger partial charge in [0.2, 0.25) is 5.91 Å². The van der Waals surface area contributed by atoms with Gasteiger partial charge in [0.1, 0.15) is 0 Å². The lowest BCUT2D eigenvalue weighted by atomic mass is 10.2. The molecule has 11 heavy (non-hydrogen) atoms. The zero-order valence-corrected chi connectivity index (χ0v) is 6.07. The van der Waals surface area contributed by atoms with Gasteiger partial charge in [-0.25, -0.2) is 8.78 Å². The molecule has 0 spiro atoms. The second-order valence-corrected chi connectivity index (χ2v) is 2.80. The number of carbonyl (C=O) groups is 1. The molecule has 0 heterocycles. The first-order valence-electron chi connectivity index (χ1n) is 3.50. The van der Waals surface area contributed by atoms with E-state index in [2.05, 4.69) is 12.4 Å². The Morgan fingerprint density at radius 3 is 2.64 bits per heavy atom.